The van der Waals surface area contributed by atoms with Gasteiger partial charge < -0.3 is 29.3 Å². The molecule has 5 rings (SSSR count). The van der Waals surface area contributed by atoms with Crippen LogP contribution in [0.3, 0.4) is 0 Å². The van der Waals surface area contributed by atoms with Crippen LogP contribution in [0.4, 0.5) is 11.4 Å². The molecule has 2 unspecified atom stereocenters. The van der Waals surface area contributed by atoms with Crippen molar-refractivity contribution in [2.75, 3.05) is 42.6 Å². The van der Waals surface area contributed by atoms with Crippen LogP contribution in [-0.4, -0.2) is 77.9 Å². The highest BCUT2D eigenvalue weighted by molar-refractivity contribution is 6.05. The second-order valence-electron chi connectivity index (χ2n) is 11.9. The molecule has 3 fully saturated rings. The number of ether oxygens (including phenoxy) is 2. The number of fused-ring (bicyclic) bond motifs is 1. The molecule has 2 aromatic rings. The minimum Gasteiger partial charge on any atom is -0.466 e. The number of likely N-dealkylation sites (tertiary alicyclic amines) is 1. The van der Waals surface area contributed by atoms with Crippen molar-refractivity contribution in [1.82, 2.24) is 4.90 Å². The molecule has 3 aliphatic heterocycles. The zero-order valence-electron chi connectivity index (χ0n) is 26.3. The Morgan fingerprint density at radius 2 is 1.73 bits per heavy atom. The van der Waals surface area contributed by atoms with Gasteiger partial charge in [0, 0.05) is 31.0 Å². The number of benzene rings is 2. The van der Waals surface area contributed by atoms with E-state index in [1.54, 1.807) is 17.9 Å². The van der Waals surface area contributed by atoms with Crippen LogP contribution in [0, 0.1) is 11.8 Å². The number of carbonyl (C=O) groups is 3. The molecule has 0 aromatic heterocycles. The van der Waals surface area contributed by atoms with Crippen LogP contribution < -0.4 is 9.80 Å². The van der Waals surface area contributed by atoms with Crippen molar-refractivity contribution in [3.05, 3.63) is 72.8 Å². The fourth-order valence-electron chi connectivity index (χ4n) is 7.92. The first kappa shape index (κ1) is 31.7. The predicted molar refractivity (Wildman–Crippen MR) is 169 cm³/mol. The Morgan fingerprint density at radius 1 is 1.07 bits per heavy atom. The first-order valence-corrected chi connectivity index (χ1v) is 15.9. The number of anilines is 2. The third-order valence-corrected chi connectivity index (χ3v) is 9.95. The smallest absolute Gasteiger partial charge is 0.312 e. The monoisotopic (exact) mass is 603 g/mol. The fourth-order valence-corrected chi connectivity index (χ4v) is 7.92. The lowest BCUT2D eigenvalue weighted by Crippen LogP contribution is -2.57. The van der Waals surface area contributed by atoms with Crippen LogP contribution in [-0.2, 0) is 23.9 Å². The topological polar surface area (TPSA) is 99.6 Å². The SMILES string of the molecule is C=CCN(C(=O)C1N([C@H](CO)c2ccccc2)C(=O)[C@@H]2[C@H](C(=O)OCC)[C@]3(CC)CCC12O3)c1ccc(N(CC)CC)cc1. The number of carbonyl (C=O) groups excluding carboxylic acids is 3. The Balaban J connectivity index is 1.64. The van der Waals surface area contributed by atoms with E-state index in [0.717, 1.165) is 18.8 Å². The quantitative estimate of drug-likeness (QED) is 0.266. The van der Waals surface area contributed by atoms with E-state index in [4.69, 9.17) is 9.47 Å². The van der Waals surface area contributed by atoms with E-state index in [9.17, 15) is 19.5 Å². The molecule has 1 spiro atoms. The highest BCUT2D eigenvalue weighted by atomic mass is 16.6. The number of esters is 1. The van der Waals surface area contributed by atoms with Crippen molar-refractivity contribution < 1.29 is 29.0 Å². The average Bonchev–Trinajstić information content (AvgIpc) is 3.65. The largest absolute Gasteiger partial charge is 0.466 e. The molecule has 2 aromatic carbocycles. The molecule has 44 heavy (non-hydrogen) atoms. The molecule has 0 saturated carbocycles. The fraction of sp³-hybridized carbons (Fsp3) is 0.514. The first-order valence-electron chi connectivity index (χ1n) is 15.9. The number of rotatable bonds is 13. The Morgan fingerprint density at radius 3 is 2.30 bits per heavy atom. The molecular formula is C35H45N3O6. The normalized spacial score (nSPS) is 27.6. The highest BCUT2D eigenvalue weighted by Crippen LogP contribution is 2.65. The van der Waals surface area contributed by atoms with Crippen molar-refractivity contribution in [3.8, 4) is 0 Å². The average molecular weight is 604 g/mol. The summed E-state index contributed by atoms with van der Waals surface area (Å²) < 4.78 is 12.4. The molecule has 3 heterocycles. The van der Waals surface area contributed by atoms with Gasteiger partial charge in [0.15, 0.2) is 0 Å². The molecule has 6 atom stereocenters. The summed E-state index contributed by atoms with van der Waals surface area (Å²) in [5, 5.41) is 10.8. The van der Waals surface area contributed by atoms with Crippen molar-refractivity contribution in [1.29, 1.82) is 0 Å². The van der Waals surface area contributed by atoms with E-state index < -0.39 is 47.7 Å². The lowest BCUT2D eigenvalue weighted by molar-refractivity contribution is -0.161. The van der Waals surface area contributed by atoms with Gasteiger partial charge >= 0.3 is 5.97 Å². The standard InChI is InChI=1S/C35H45N3O6/c1-6-22-37(26-18-16-25(17-19-26)36(8-3)9-4)32(41)30-35-21-20-34(7-2,44-35)29(33(42)43-10-5)28(35)31(40)38(30)27(23-39)24-14-12-11-13-15-24/h6,11-19,27-30,39H,1,7-10,20-23H2,2-5H3/t27-,28+,29-,30?,34+,35?/m1/s1. The van der Waals surface area contributed by atoms with Crippen LogP contribution in [0.2, 0.25) is 0 Å². The van der Waals surface area contributed by atoms with Gasteiger partial charge in [0.1, 0.15) is 17.6 Å². The van der Waals surface area contributed by atoms with Gasteiger partial charge in [-0.2, -0.15) is 0 Å². The van der Waals surface area contributed by atoms with Crippen molar-refractivity contribution in [2.45, 2.75) is 70.2 Å². The Labute approximate surface area is 260 Å². The van der Waals surface area contributed by atoms with Crippen LogP contribution in [0.15, 0.2) is 67.3 Å². The zero-order valence-corrected chi connectivity index (χ0v) is 26.3. The van der Waals surface area contributed by atoms with E-state index in [2.05, 4.69) is 25.3 Å². The van der Waals surface area contributed by atoms with Crippen LogP contribution >= 0.6 is 0 Å². The molecule has 236 valence electrons. The summed E-state index contributed by atoms with van der Waals surface area (Å²) in [6, 6.07) is 15.1. The molecule has 0 radical (unpaired) electrons. The van der Waals surface area contributed by atoms with E-state index in [1.807, 2.05) is 61.5 Å². The van der Waals surface area contributed by atoms with Crippen LogP contribution in [0.25, 0.3) is 0 Å². The van der Waals surface area contributed by atoms with Crippen molar-refractivity contribution >= 4 is 29.2 Å². The summed E-state index contributed by atoms with van der Waals surface area (Å²) in [4.78, 5) is 48.6. The van der Waals surface area contributed by atoms with Gasteiger partial charge in [-0.05, 0) is 69.9 Å². The molecule has 3 aliphatic rings. The minimum absolute atomic E-state index is 0.176. The molecule has 9 heteroatoms. The second kappa shape index (κ2) is 12.7. The van der Waals surface area contributed by atoms with Gasteiger partial charge in [0.25, 0.3) is 5.91 Å². The van der Waals surface area contributed by atoms with Gasteiger partial charge in [0.05, 0.1) is 30.8 Å². The molecule has 0 aliphatic carbocycles. The number of amides is 2. The minimum atomic E-state index is -1.25. The number of nitrogens with zero attached hydrogens (tertiary/aromatic N) is 3. The summed E-state index contributed by atoms with van der Waals surface area (Å²) in [6.45, 7) is 13.5. The summed E-state index contributed by atoms with van der Waals surface area (Å²) in [6.07, 6.45) is 3.14. The Kier molecular flexibility index (Phi) is 9.18. The van der Waals surface area contributed by atoms with E-state index in [-0.39, 0.29) is 25.0 Å². The van der Waals surface area contributed by atoms with Gasteiger partial charge in [0.2, 0.25) is 5.91 Å². The van der Waals surface area contributed by atoms with Crippen molar-refractivity contribution in [3.63, 3.8) is 0 Å². The van der Waals surface area contributed by atoms with E-state index >= 15 is 0 Å². The van der Waals surface area contributed by atoms with Crippen LogP contribution in [0.5, 0.6) is 0 Å². The van der Waals surface area contributed by atoms with E-state index in [1.165, 1.54) is 4.90 Å². The molecule has 2 amide bonds. The maximum Gasteiger partial charge on any atom is 0.312 e. The molecule has 1 N–H and O–H groups in total. The summed E-state index contributed by atoms with van der Waals surface area (Å²) in [5.74, 6) is -2.92. The summed E-state index contributed by atoms with van der Waals surface area (Å²) in [7, 11) is 0. The zero-order chi connectivity index (χ0) is 31.6. The number of hydrogen-bond donors (Lipinski definition) is 1. The van der Waals surface area contributed by atoms with Gasteiger partial charge in [-0.25, -0.2) is 0 Å². The van der Waals surface area contributed by atoms with Gasteiger partial charge in [-0.3, -0.25) is 14.4 Å². The maximum atomic E-state index is 15.0. The Bertz CT molecular complexity index is 1360. The van der Waals surface area contributed by atoms with Gasteiger partial charge in [-0.1, -0.05) is 43.3 Å². The molecule has 9 nitrogen and oxygen atoms in total. The lowest BCUT2D eigenvalue weighted by Gasteiger charge is -2.39. The van der Waals surface area contributed by atoms with Crippen molar-refractivity contribution in [2.24, 2.45) is 11.8 Å². The molecule has 3 saturated heterocycles. The number of hydrogen-bond acceptors (Lipinski definition) is 7. The third kappa shape index (κ3) is 4.90. The van der Waals surface area contributed by atoms with Gasteiger partial charge in [-0.15, -0.1) is 6.58 Å². The molecule has 2 bridgehead atoms. The Hall–Kier alpha value is -3.69. The first-order chi connectivity index (χ1) is 21.3. The lowest BCUT2D eigenvalue weighted by atomic mass is 9.65. The van der Waals surface area contributed by atoms with Crippen LogP contribution in [0.1, 0.15) is 58.6 Å². The number of aliphatic hydroxyl groups excluding tert-OH is 1. The second-order valence-corrected chi connectivity index (χ2v) is 11.9. The third-order valence-electron chi connectivity index (χ3n) is 9.95. The highest BCUT2D eigenvalue weighted by Gasteiger charge is 2.79. The summed E-state index contributed by atoms with van der Waals surface area (Å²) >= 11 is 0. The number of aliphatic hydroxyl groups is 1. The maximum absolute atomic E-state index is 15.0. The summed E-state index contributed by atoms with van der Waals surface area (Å²) in [5.41, 5.74) is 0.268. The predicted octanol–water partition coefficient (Wildman–Crippen LogP) is 4.50. The van der Waals surface area contributed by atoms with E-state index in [0.29, 0.717) is 30.5 Å². The molecular weight excluding hydrogens is 558 g/mol.